The predicted octanol–water partition coefficient (Wildman–Crippen LogP) is 20.6. The van der Waals surface area contributed by atoms with Crippen LogP contribution in [-0.2, 0) is 0 Å². The largest absolute Gasteiger partial charge is 0.459 e. The van der Waals surface area contributed by atoms with Gasteiger partial charge in [0.1, 0.15) is 46.0 Å². The molecule has 0 amide bonds. The molecule has 0 saturated heterocycles. The summed E-state index contributed by atoms with van der Waals surface area (Å²) >= 11 is 0. The second-order valence-electron chi connectivity index (χ2n) is 29.5. The molecule has 23 rings (SSSR count). The summed E-state index contributed by atoms with van der Waals surface area (Å²) in [4.78, 5) is 5.17. The van der Waals surface area contributed by atoms with Crippen molar-refractivity contribution in [2.45, 2.75) is 0 Å². The van der Waals surface area contributed by atoms with Crippen molar-refractivity contribution in [1.29, 1.82) is 0 Å². The van der Waals surface area contributed by atoms with E-state index in [1.807, 2.05) is 0 Å². The van der Waals surface area contributed by atoms with E-state index in [1.54, 1.807) is 0 Å². The summed E-state index contributed by atoms with van der Waals surface area (Å²) in [6.45, 7) is -1.23. The van der Waals surface area contributed by atoms with Crippen molar-refractivity contribution in [2.75, 3.05) is 9.80 Å². The maximum absolute atomic E-state index is 8.25. The van der Waals surface area contributed by atoms with Crippen LogP contribution in [0.1, 0.15) is 0 Å². The normalized spacial score (nSPS) is 13.1. The van der Waals surface area contributed by atoms with Crippen LogP contribution in [0.3, 0.4) is 0 Å². The second kappa shape index (κ2) is 25.2. The Morgan fingerprint density at radius 2 is 0.505 bits per heavy atom. The van der Waals surface area contributed by atoms with Crippen LogP contribution in [0, 0.1) is 0 Å². The Labute approximate surface area is 645 Å². The van der Waals surface area contributed by atoms with Crippen LogP contribution >= 0.6 is 0 Å². The third-order valence-corrected chi connectivity index (χ3v) is 23.5. The quantitative estimate of drug-likeness (QED) is 0.127. The fourth-order valence-corrected chi connectivity index (χ4v) is 18.7. The van der Waals surface area contributed by atoms with Gasteiger partial charge in [0.2, 0.25) is 0 Å². The molecule has 6 aliphatic rings. The molecule has 0 saturated carbocycles. The molecule has 514 valence electrons. The second-order valence-corrected chi connectivity index (χ2v) is 29.5. The van der Waals surface area contributed by atoms with E-state index in [2.05, 4.69) is 392 Å². The van der Waals surface area contributed by atoms with Crippen LogP contribution in [0.15, 0.2) is 382 Å². The zero-order chi connectivity index (χ0) is 72.8. The summed E-state index contributed by atoms with van der Waals surface area (Å²) in [5.74, 6) is 5.80. The Bertz CT molecular complexity index is 6490. The molecule has 0 radical (unpaired) electrons. The third kappa shape index (κ3) is 9.88. The molecule has 0 N–H and O–H groups in total. The number of para-hydroxylation sites is 2. The molecule has 6 aliphatic heterocycles. The van der Waals surface area contributed by atoms with Crippen LogP contribution in [0.5, 0.6) is 46.0 Å². The van der Waals surface area contributed by atoms with E-state index >= 15 is 0 Å². The van der Waals surface area contributed by atoms with E-state index in [4.69, 9.17) is 18.9 Å². The Hall–Kier alpha value is -14.3. The fraction of sp³-hybridized carbons (Fsp3) is 0. The minimum Gasteiger partial charge on any atom is -0.459 e. The lowest BCUT2D eigenvalue weighted by atomic mass is 9.29. The van der Waals surface area contributed by atoms with Gasteiger partial charge in [-0.3, -0.25) is 0 Å². The number of fused-ring (bicyclic) bond motifs is 14. The molecule has 0 spiro atoms. The summed E-state index contributed by atoms with van der Waals surface area (Å²) in [6, 6.07) is 139. The van der Waals surface area contributed by atoms with Crippen LogP contribution in [0.25, 0.3) is 89.0 Å². The summed E-state index contributed by atoms with van der Waals surface area (Å²) in [5.41, 5.74) is 32.9. The van der Waals surface area contributed by atoms with Gasteiger partial charge in [-0.15, -0.1) is 0 Å². The van der Waals surface area contributed by atoms with Crippen molar-refractivity contribution in [3.05, 3.63) is 382 Å². The number of benzene rings is 17. The molecule has 0 bridgehead atoms. The first-order chi connectivity index (χ1) is 55.1. The Morgan fingerprint density at radius 3 is 0.964 bits per heavy atom. The molecule has 0 unspecified atom stereocenters. The molecule has 6 nitrogen and oxygen atoms in total. The summed E-state index contributed by atoms with van der Waals surface area (Å²) in [5, 5.41) is 0. The highest BCUT2D eigenvalue weighted by molar-refractivity contribution is 7.04. The van der Waals surface area contributed by atoms with E-state index in [0.717, 1.165) is 201 Å². The van der Waals surface area contributed by atoms with Crippen molar-refractivity contribution in [2.24, 2.45) is 0 Å². The van der Waals surface area contributed by atoms with Gasteiger partial charge < -0.3 is 28.7 Å². The average molecular weight is 1410 g/mol. The summed E-state index contributed by atoms with van der Waals surface area (Å²) < 4.78 is 31.4. The highest BCUT2D eigenvalue weighted by atomic mass is 16.5. The van der Waals surface area contributed by atoms with Gasteiger partial charge in [0.25, 0.3) is 20.1 Å². The zero-order valence-electron chi connectivity index (χ0n) is 60.1. The van der Waals surface area contributed by atoms with Crippen molar-refractivity contribution >= 4 is 103 Å². The highest BCUT2D eigenvalue weighted by Crippen LogP contribution is 2.55. The smallest absolute Gasteiger partial charge is 0.265 e. The number of ether oxygens (including phenoxy) is 4. The fourth-order valence-electron chi connectivity index (χ4n) is 18.7. The molecule has 0 fully saturated rings. The van der Waals surface area contributed by atoms with E-state index < -0.39 is 13.4 Å². The minimum absolute atomic E-state index is 0.298. The third-order valence-electron chi connectivity index (χ3n) is 23.5. The Kier molecular flexibility index (Phi) is 14.3. The van der Waals surface area contributed by atoms with E-state index in [-0.39, 0.29) is 6.71 Å². The van der Waals surface area contributed by atoms with E-state index in [9.17, 15) is 0 Å². The van der Waals surface area contributed by atoms with Gasteiger partial charge in [0.15, 0.2) is 0 Å². The lowest BCUT2D eigenvalue weighted by Gasteiger charge is -2.47. The SMILES string of the molecule is c1ccc(-c2ccc3c(c2)Oc2c4c(cc5c2B2c6ccc(-c7ccccc7)cc6N(c6c(-c7ccccc7)cccc6-c6ccccc6)c6cccc(c62)N5c2c(-c5ccccc5)cccc2-c2ccccc2)Oc2cc5c6c(c2B34)Oc2ccc(-c3ccccc3)cc2B6c2cc(-c3ccccc3)ccc2O5)cc1. The lowest BCUT2D eigenvalue weighted by molar-refractivity contribution is 0.443. The first-order valence-electron chi connectivity index (χ1n) is 38.2. The van der Waals surface area contributed by atoms with Gasteiger partial charge in [0, 0.05) is 73.5 Å². The van der Waals surface area contributed by atoms with Gasteiger partial charge in [-0.1, -0.05) is 334 Å². The predicted molar refractivity (Wildman–Crippen MR) is 459 cm³/mol. The maximum Gasteiger partial charge on any atom is 0.265 e. The Balaban J connectivity index is 0.841. The molecule has 6 heterocycles. The molecular weight excluding hydrogens is 1350 g/mol. The molecule has 9 heteroatoms. The number of hydrogen-bond donors (Lipinski definition) is 0. The maximum atomic E-state index is 8.25. The summed E-state index contributed by atoms with van der Waals surface area (Å²) in [6.07, 6.45) is 0. The molecular formula is C102H63B3N2O4. The van der Waals surface area contributed by atoms with Crippen LogP contribution in [-0.4, -0.2) is 20.1 Å². The highest BCUT2D eigenvalue weighted by Gasteiger charge is 2.54. The van der Waals surface area contributed by atoms with Gasteiger partial charge in [0.05, 0.1) is 11.4 Å². The van der Waals surface area contributed by atoms with E-state index in [0.29, 0.717) is 17.2 Å². The number of rotatable bonds is 10. The molecule has 17 aromatic rings. The number of anilines is 6. The van der Waals surface area contributed by atoms with Crippen molar-refractivity contribution < 1.29 is 18.9 Å². The molecule has 111 heavy (non-hydrogen) atoms. The van der Waals surface area contributed by atoms with Gasteiger partial charge in [-0.25, -0.2) is 0 Å². The van der Waals surface area contributed by atoms with Crippen LogP contribution < -0.4 is 77.9 Å². The van der Waals surface area contributed by atoms with Crippen LogP contribution in [0.2, 0.25) is 0 Å². The monoisotopic (exact) mass is 1410 g/mol. The molecule has 17 aromatic carbocycles. The summed E-state index contributed by atoms with van der Waals surface area (Å²) in [7, 11) is 0. The molecule has 0 aromatic heterocycles. The van der Waals surface area contributed by atoms with Crippen LogP contribution in [0.4, 0.5) is 34.1 Å². The molecule has 0 aliphatic carbocycles. The minimum atomic E-state index is -0.492. The number of hydrogen-bond acceptors (Lipinski definition) is 6. The van der Waals surface area contributed by atoms with E-state index in [1.165, 1.54) is 0 Å². The van der Waals surface area contributed by atoms with Crippen molar-refractivity contribution in [3.8, 4) is 135 Å². The first kappa shape index (κ1) is 62.9. The van der Waals surface area contributed by atoms with Gasteiger partial charge in [-0.05, 0) is 136 Å². The van der Waals surface area contributed by atoms with Gasteiger partial charge in [-0.2, -0.15) is 0 Å². The number of nitrogens with zero attached hydrogens (tertiary/aromatic N) is 2. The van der Waals surface area contributed by atoms with Crippen molar-refractivity contribution in [3.63, 3.8) is 0 Å². The molecule has 0 atom stereocenters. The lowest BCUT2D eigenvalue weighted by Crippen LogP contribution is -2.66. The topological polar surface area (TPSA) is 43.4 Å². The van der Waals surface area contributed by atoms with Gasteiger partial charge >= 0.3 is 0 Å². The van der Waals surface area contributed by atoms with Crippen molar-refractivity contribution in [1.82, 2.24) is 0 Å². The zero-order valence-corrected chi connectivity index (χ0v) is 60.1. The Morgan fingerprint density at radius 1 is 0.171 bits per heavy atom. The first-order valence-corrected chi connectivity index (χ1v) is 38.2. The standard InChI is InChI=1S/C102H63B3N2O4/c1-9-28-64(29-10-1)72-52-56-88-82(58-72)103-83-59-73(65-30-11-2-12-31-65)53-57-89(83)110-102-96(103)92(108-88)63-93-98(102)105-81-55-51-75(67-34-15-4-16-35-67)61-90(81)111-101-95-87(62-91(109-93)97(101)105)107(100-78(70-40-21-7-22-41-70)46-26-47-79(100)71-42-23-8-24-43-71)85-49-27-48-84-94(85)104(95)80-54-50-74(66-32-13-3-14-33-66)60-86(80)106(84)99-76(68-36-17-5-18-37-68)44-25-45-77(99)69-38-19-6-20-39-69/h1-63H. The average Bonchev–Trinajstić information content (AvgIpc) is 0.678.